The highest BCUT2D eigenvalue weighted by molar-refractivity contribution is 9.10. The number of barbiturate groups is 1. The molecule has 1 heterocycles. The molecule has 1 saturated heterocycles. The summed E-state index contributed by atoms with van der Waals surface area (Å²) in [5.74, 6) is -0.305. The summed E-state index contributed by atoms with van der Waals surface area (Å²) in [5.41, 5.74) is 1.15. The number of halogens is 1. The van der Waals surface area contributed by atoms with Crippen molar-refractivity contribution < 1.29 is 33.5 Å². The lowest BCUT2D eigenvalue weighted by Crippen LogP contribution is -2.54. The van der Waals surface area contributed by atoms with Crippen molar-refractivity contribution in [1.82, 2.24) is 5.32 Å². The molecule has 0 aromatic heterocycles. The second-order valence-electron chi connectivity index (χ2n) is 8.78. The first-order chi connectivity index (χ1) is 19.7. The zero-order valence-electron chi connectivity index (χ0n) is 22.2. The van der Waals surface area contributed by atoms with Crippen LogP contribution in [0.2, 0.25) is 0 Å². The summed E-state index contributed by atoms with van der Waals surface area (Å²) in [7, 11) is 0. The molecule has 4 amide bonds. The first kappa shape index (κ1) is 29.3. The number of nitrogens with zero attached hydrogens (tertiary/aromatic N) is 2. The summed E-state index contributed by atoms with van der Waals surface area (Å²) in [6.07, 6.45) is 2.20. The normalized spacial score (nSPS) is 14.2. The number of hydrogen-bond acceptors (Lipinski definition) is 8. The van der Waals surface area contributed by atoms with E-state index in [1.807, 2.05) is 6.92 Å². The van der Waals surface area contributed by atoms with Gasteiger partial charge in [0.05, 0.1) is 28.3 Å². The summed E-state index contributed by atoms with van der Waals surface area (Å²) in [4.78, 5) is 49.9. The van der Waals surface area contributed by atoms with Crippen LogP contribution in [0.5, 0.6) is 17.2 Å². The molecule has 0 atom stereocenters. The fourth-order valence-corrected chi connectivity index (χ4v) is 4.49. The molecule has 4 rings (SSSR count). The molecular weight excluding hydrogens is 598 g/mol. The minimum atomic E-state index is -0.856. The SMILES string of the molecule is CCCOc1ccc(N2C(=O)NC(=O)/C(=C/c3cc(Br)c(OCc4ccc([N+](=O)[O-])cc4)c(OCC)c3)C2=O)cc1. The smallest absolute Gasteiger partial charge is 0.335 e. The predicted octanol–water partition coefficient (Wildman–Crippen LogP) is 5.79. The first-order valence-corrected chi connectivity index (χ1v) is 13.5. The number of hydrogen-bond donors (Lipinski definition) is 1. The Morgan fingerprint density at radius 2 is 1.68 bits per heavy atom. The molecule has 1 aliphatic heterocycles. The number of nitrogens with one attached hydrogen (secondary N) is 1. The molecule has 0 aliphatic carbocycles. The van der Waals surface area contributed by atoms with Crippen molar-refractivity contribution in [3.63, 3.8) is 0 Å². The molecule has 0 radical (unpaired) electrons. The van der Waals surface area contributed by atoms with E-state index in [-0.39, 0.29) is 23.6 Å². The third-order valence-corrected chi connectivity index (χ3v) is 6.43. The fourth-order valence-electron chi connectivity index (χ4n) is 3.91. The standard InChI is InChI=1S/C29H26BrN3O8/c1-3-13-40-22-11-9-20(10-12-22)32-28(35)23(27(34)31-29(32)36)14-19-15-24(30)26(25(16-19)39-4-2)41-17-18-5-7-21(8-6-18)33(37)38/h5-12,14-16H,3-4,13,17H2,1-2H3,(H,31,34,36)/b23-14-. The summed E-state index contributed by atoms with van der Waals surface area (Å²) in [6, 6.07) is 14.8. The van der Waals surface area contributed by atoms with Crippen LogP contribution in [0.3, 0.4) is 0 Å². The maximum atomic E-state index is 13.3. The quantitative estimate of drug-likeness (QED) is 0.123. The van der Waals surface area contributed by atoms with Gasteiger partial charge in [-0.05, 0) is 95.0 Å². The Labute approximate surface area is 244 Å². The molecule has 0 unspecified atom stereocenters. The molecule has 0 bridgehead atoms. The lowest BCUT2D eigenvalue weighted by atomic mass is 10.1. The van der Waals surface area contributed by atoms with Crippen LogP contribution >= 0.6 is 15.9 Å². The van der Waals surface area contributed by atoms with Crippen molar-refractivity contribution in [2.24, 2.45) is 0 Å². The van der Waals surface area contributed by atoms with Gasteiger partial charge in [-0.3, -0.25) is 25.0 Å². The summed E-state index contributed by atoms with van der Waals surface area (Å²) >= 11 is 3.46. The van der Waals surface area contributed by atoms with Crippen LogP contribution in [-0.2, 0) is 16.2 Å². The largest absolute Gasteiger partial charge is 0.494 e. The van der Waals surface area contributed by atoms with Gasteiger partial charge < -0.3 is 14.2 Å². The lowest BCUT2D eigenvalue weighted by molar-refractivity contribution is -0.384. The van der Waals surface area contributed by atoms with Crippen molar-refractivity contribution in [1.29, 1.82) is 0 Å². The highest BCUT2D eigenvalue weighted by Gasteiger charge is 2.37. The molecule has 1 N–H and O–H groups in total. The number of non-ortho nitro benzene ring substituents is 1. The molecule has 11 nitrogen and oxygen atoms in total. The van der Waals surface area contributed by atoms with Gasteiger partial charge in [0, 0.05) is 12.1 Å². The fraction of sp³-hybridized carbons (Fsp3) is 0.207. The van der Waals surface area contributed by atoms with E-state index in [9.17, 15) is 24.5 Å². The number of benzene rings is 3. The predicted molar refractivity (Wildman–Crippen MR) is 154 cm³/mol. The lowest BCUT2D eigenvalue weighted by Gasteiger charge is -2.26. The molecule has 0 spiro atoms. The van der Waals surface area contributed by atoms with E-state index in [2.05, 4.69) is 21.2 Å². The molecule has 1 aliphatic rings. The van der Waals surface area contributed by atoms with E-state index < -0.39 is 22.8 Å². The van der Waals surface area contributed by atoms with Crippen LogP contribution in [-0.4, -0.2) is 36.0 Å². The number of nitro groups is 1. The maximum absolute atomic E-state index is 13.3. The average Bonchev–Trinajstić information content (AvgIpc) is 2.94. The zero-order chi connectivity index (χ0) is 29.5. The van der Waals surface area contributed by atoms with Crippen LogP contribution in [0.25, 0.3) is 6.08 Å². The number of ether oxygens (including phenoxy) is 3. The molecular formula is C29H26BrN3O8. The molecule has 3 aromatic rings. The third-order valence-electron chi connectivity index (χ3n) is 5.84. The molecule has 3 aromatic carbocycles. The maximum Gasteiger partial charge on any atom is 0.335 e. The Balaban J connectivity index is 1.59. The van der Waals surface area contributed by atoms with Gasteiger partial charge in [-0.1, -0.05) is 6.92 Å². The highest BCUT2D eigenvalue weighted by Crippen LogP contribution is 2.38. The number of imide groups is 2. The second-order valence-corrected chi connectivity index (χ2v) is 9.63. The van der Waals surface area contributed by atoms with Crippen molar-refractivity contribution >= 4 is 51.2 Å². The molecule has 212 valence electrons. The Kier molecular flexibility index (Phi) is 9.35. The van der Waals surface area contributed by atoms with E-state index >= 15 is 0 Å². The number of carbonyl (C=O) groups is 3. The average molecular weight is 624 g/mol. The molecule has 41 heavy (non-hydrogen) atoms. The minimum Gasteiger partial charge on any atom is -0.494 e. The third kappa shape index (κ3) is 6.90. The topological polar surface area (TPSA) is 137 Å². The minimum absolute atomic E-state index is 0.0260. The van der Waals surface area contributed by atoms with Crippen LogP contribution in [0.1, 0.15) is 31.4 Å². The Hall–Kier alpha value is -4.71. The van der Waals surface area contributed by atoms with E-state index in [1.165, 1.54) is 18.2 Å². The van der Waals surface area contributed by atoms with Gasteiger partial charge in [0.1, 0.15) is 17.9 Å². The number of urea groups is 1. The van der Waals surface area contributed by atoms with E-state index in [1.54, 1.807) is 55.5 Å². The van der Waals surface area contributed by atoms with E-state index in [4.69, 9.17) is 14.2 Å². The van der Waals surface area contributed by atoms with Crippen molar-refractivity contribution in [3.8, 4) is 17.2 Å². The van der Waals surface area contributed by atoms with Crippen LogP contribution in [0, 0.1) is 10.1 Å². The van der Waals surface area contributed by atoms with Crippen LogP contribution in [0.4, 0.5) is 16.2 Å². The Morgan fingerprint density at radius 1 is 0.976 bits per heavy atom. The number of rotatable bonds is 11. The van der Waals surface area contributed by atoms with Gasteiger partial charge in [-0.15, -0.1) is 0 Å². The van der Waals surface area contributed by atoms with Gasteiger partial charge in [-0.25, -0.2) is 9.69 Å². The van der Waals surface area contributed by atoms with Gasteiger partial charge >= 0.3 is 6.03 Å². The number of anilines is 1. The highest BCUT2D eigenvalue weighted by atomic mass is 79.9. The van der Waals surface area contributed by atoms with Crippen LogP contribution in [0.15, 0.2) is 70.7 Å². The Bertz CT molecular complexity index is 1500. The van der Waals surface area contributed by atoms with Gasteiger partial charge in [0.2, 0.25) is 0 Å². The van der Waals surface area contributed by atoms with Crippen molar-refractivity contribution in [2.45, 2.75) is 26.9 Å². The van der Waals surface area contributed by atoms with Crippen molar-refractivity contribution in [3.05, 3.63) is 92.0 Å². The van der Waals surface area contributed by atoms with Gasteiger partial charge in [-0.2, -0.15) is 0 Å². The van der Waals surface area contributed by atoms with E-state index in [0.717, 1.165) is 11.3 Å². The van der Waals surface area contributed by atoms with Gasteiger partial charge in [0.25, 0.3) is 17.5 Å². The van der Waals surface area contributed by atoms with Crippen molar-refractivity contribution in [2.75, 3.05) is 18.1 Å². The Morgan fingerprint density at radius 3 is 2.32 bits per heavy atom. The molecule has 1 fully saturated rings. The number of nitro benzene ring substituents is 1. The van der Waals surface area contributed by atoms with E-state index in [0.29, 0.717) is 46.1 Å². The molecule has 0 saturated carbocycles. The second kappa shape index (κ2) is 13.1. The number of carbonyl (C=O) groups excluding carboxylic acids is 3. The van der Waals surface area contributed by atoms with Gasteiger partial charge in [0.15, 0.2) is 11.5 Å². The zero-order valence-corrected chi connectivity index (χ0v) is 23.8. The first-order valence-electron chi connectivity index (χ1n) is 12.7. The van der Waals surface area contributed by atoms with Crippen LogP contribution < -0.4 is 24.4 Å². The summed E-state index contributed by atoms with van der Waals surface area (Å²) in [5, 5.41) is 13.1. The summed E-state index contributed by atoms with van der Waals surface area (Å²) < 4.78 is 17.7. The monoisotopic (exact) mass is 623 g/mol. The summed E-state index contributed by atoms with van der Waals surface area (Å²) in [6.45, 7) is 4.72. The number of amides is 4. The molecule has 12 heteroatoms.